The number of H-pyrrole nitrogens is 1. The van der Waals surface area contributed by atoms with Crippen LogP contribution in [0.25, 0.3) is 0 Å². The summed E-state index contributed by atoms with van der Waals surface area (Å²) in [7, 11) is 0. The van der Waals surface area contributed by atoms with E-state index in [1.165, 1.54) is 12.4 Å². The van der Waals surface area contributed by atoms with E-state index in [-0.39, 0.29) is 11.2 Å². The maximum absolute atomic E-state index is 5.99. The zero-order valence-corrected chi connectivity index (χ0v) is 11.0. The Hall–Kier alpha value is -1.04. The molecule has 8 heteroatoms. The van der Waals surface area contributed by atoms with Gasteiger partial charge in [0.15, 0.2) is 0 Å². The van der Waals surface area contributed by atoms with Gasteiger partial charge in [-0.25, -0.2) is 9.97 Å². The number of nitrogens with one attached hydrogen (secondary N) is 2. The highest BCUT2D eigenvalue weighted by Crippen LogP contribution is 2.30. The third-order valence-electron chi connectivity index (χ3n) is 2.08. The molecular formula is C9H8Cl3N5. The Morgan fingerprint density at radius 1 is 1.29 bits per heavy atom. The van der Waals surface area contributed by atoms with E-state index in [2.05, 4.69) is 25.5 Å². The van der Waals surface area contributed by atoms with E-state index in [1.807, 2.05) is 6.92 Å². The van der Waals surface area contributed by atoms with E-state index in [1.54, 1.807) is 0 Å². The van der Waals surface area contributed by atoms with Crippen LogP contribution in [0.15, 0.2) is 12.4 Å². The molecule has 0 saturated heterocycles. The monoisotopic (exact) mass is 291 g/mol. The number of nitrogens with zero attached hydrogens (tertiary/aromatic N) is 3. The molecule has 90 valence electrons. The minimum atomic E-state index is -0.125. The highest BCUT2D eigenvalue weighted by molar-refractivity contribution is 6.42. The van der Waals surface area contributed by atoms with Crippen LogP contribution in [0.1, 0.15) is 18.8 Å². The van der Waals surface area contributed by atoms with E-state index < -0.39 is 0 Å². The molecule has 17 heavy (non-hydrogen) atoms. The lowest BCUT2D eigenvalue weighted by atomic mass is 10.3. The molecule has 0 amide bonds. The Morgan fingerprint density at radius 3 is 2.71 bits per heavy atom. The van der Waals surface area contributed by atoms with E-state index in [9.17, 15) is 0 Å². The molecule has 2 heterocycles. The van der Waals surface area contributed by atoms with Crippen LogP contribution in [-0.2, 0) is 0 Å². The fourth-order valence-corrected chi connectivity index (χ4v) is 1.79. The summed E-state index contributed by atoms with van der Waals surface area (Å²) in [5.74, 6) is 1.12. The van der Waals surface area contributed by atoms with Gasteiger partial charge in [-0.2, -0.15) is 5.10 Å². The van der Waals surface area contributed by atoms with Crippen LogP contribution in [0.4, 0.5) is 5.82 Å². The van der Waals surface area contributed by atoms with Crippen LogP contribution in [0.3, 0.4) is 0 Å². The van der Waals surface area contributed by atoms with Gasteiger partial charge in [0.05, 0.1) is 16.1 Å². The van der Waals surface area contributed by atoms with Crippen molar-refractivity contribution in [3.8, 4) is 0 Å². The third-order valence-corrected chi connectivity index (χ3v) is 3.04. The maximum Gasteiger partial charge on any atom is 0.150 e. The summed E-state index contributed by atoms with van der Waals surface area (Å²) in [4.78, 5) is 8.07. The van der Waals surface area contributed by atoms with Gasteiger partial charge in [-0.1, -0.05) is 34.8 Å². The van der Waals surface area contributed by atoms with Crippen molar-refractivity contribution >= 4 is 40.6 Å². The van der Waals surface area contributed by atoms with Crippen molar-refractivity contribution < 1.29 is 0 Å². The molecule has 2 aromatic heterocycles. The summed E-state index contributed by atoms with van der Waals surface area (Å²) >= 11 is 17.6. The Kier molecular flexibility index (Phi) is 3.71. The second kappa shape index (κ2) is 5.08. The lowest BCUT2D eigenvalue weighted by Crippen LogP contribution is -2.10. The topological polar surface area (TPSA) is 66.5 Å². The molecule has 0 saturated carbocycles. The molecule has 0 aliphatic rings. The van der Waals surface area contributed by atoms with Gasteiger partial charge in [0.1, 0.15) is 23.1 Å². The fourth-order valence-electron chi connectivity index (χ4n) is 1.24. The second-order valence-electron chi connectivity index (χ2n) is 3.33. The van der Waals surface area contributed by atoms with Crippen LogP contribution in [0.5, 0.6) is 0 Å². The molecule has 0 aliphatic carbocycles. The van der Waals surface area contributed by atoms with Crippen LogP contribution >= 0.6 is 34.8 Å². The van der Waals surface area contributed by atoms with Crippen molar-refractivity contribution in [3.05, 3.63) is 33.4 Å². The molecule has 0 fully saturated rings. The fraction of sp³-hybridized carbons (Fsp3) is 0.222. The molecule has 0 radical (unpaired) electrons. The van der Waals surface area contributed by atoms with Crippen molar-refractivity contribution in [2.75, 3.05) is 5.32 Å². The average molecular weight is 293 g/mol. The van der Waals surface area contributed by atoms with E-state index in [4.69, 9.17) is 34.8 Å². The molecule has 0 aliphatic heterocycles. The summed E-state index contributed by atoms with van der Waals surface area (Å²) in [6.45, 7) is 1.89. The van der Waals surface area contributed by atoms with Gasteiger partial charge < -0.3 is 5.32 Å². The van der Waals surface area contributed by atoms with Crippen LogP contribution < -0.4 is 5.32 Å². The molecule has 5 nitrogen and oxygen atoms in total. The SMILES string of the molecule is CC(Nc1nc(Cl)c(Cl)cc1Cl)c1ncn[nH]1. The molecule has 0 bridgehead atoms. The minimum absolute atomic E-state index is 0.125. The lowest BCUT2D eigenvalue weighted by Gasteiger charge is -2.13. The van der Waals surface area contributed by atoms with Crippen molar-refractivity contribution in [1.82, 2.24) is 20.2 Å². The van der Waals surface area contributed by atoms with Crippen molar-refractivity contribution in [3.63, 3.8) is 0 Å². The second-order valence-corrected chi connectivity index (χ2v) is 4.50. The number of pyridine rings is 1. The summed E-state index contributed by atoms with van der Waals surface area (Å²) in [6, 6.07) is 1.41. The molecule has 2 rings (SSSR count). The molecule has 1 atom stereocenters. The summed E-state index contributed by atoms with van der Waals surface area (Å²) in [5, 5.41) is 10.5. The number of rotatable bonds is 3. The largest absolute Gasteiger partial charge is 0.359 e. The molecule has 2 N–H and O–H groups in total. The quantitative estimate of drug-likeness (QED) is 0.852. The van der Waals surface area contributed by atoms with Gasteiger partial charge in [-0.05, 0) is 13.0 Å². The average Bonchev–Trinajstić information content (AvgIpc) is 2.79. The van der Waals surface area contributed by atoms with E-state index >= 15 is 0 Å². The summed E-state index contributed by atoms with van der Waals surface area (Å²) < 4.78 is 0. The van der Waals surface area contributed by atoms with Crippen molar-refractivity contribution in [2.45, 2.75) is 13.0 Å². The van der Waals surface area contributed by atoms with Crippen LogP contribution in [0.2, 0.25) is 15.2 Å². The molecule has 0 spiro atoms. The number of aromatic nitrogens is 4. The molecular weight excluding hydrogens is 284 g/mol. The highest BCUT2D eigenvalue weighted by Gasteiger charge is 2.13. The number of hydrogen-bond acceptors (Lipinski definition) is 4. The summed E-state index contributed by atoms with van der Waals surface area (Å²) in [6.07, 6.45) is 1.43. The van der Waals surface area contributed by atoms with E-state index in [0.29, 0.717) is 21.7 Å². The third kappa shape index (κ3) is 2.80. The van der Waals surface area contributed by atoms with Crippen LogP contribution in [-0.4, -0.2) is 20.2 Å². The molecule has 1 unspecified atom stereocenters. The maximum atomic E-state index is 5.99. The number of halogens is 3. The lowest BCUT2D eigenvalue weighted by molar-refractivity contribution is 0.790. The Labute approximate surface area is 113 Å². The van der Waals surface area contributed by atoms with Crippen molar-refractivity contribution in [2.24, 2.45) is 0 Å². The predicted molar refractivity (Wildman–Crippen MR) is 67.7 cm³/mol. The normalized spacial score (nSPS) is 12.5. The first kappa shape index (κ1) is 12.4. The minimum Gasteiger partial charge on any atom is -0.359 e. The van der Waals surface area contributed by atoms with Gasteiger partial charge in [0, 0.05) is 0 Å². The number of aromatic amines is 1. The first-order valence-electron chi connectivity index (χ1n) is 4.71. The molecule has 2 aromatic rings. The van der Waals surface area contributed by atoms with Gasteiger partial charge in [0.25, 0.3) is 0 Å². The van der Waals surface area contributed by atoms with Crippen LogP contribution in [0, 0.1) is 0 Å². The highest BCUT2D eigenvalue weighted by atomic mass is 35.5. The predicted octanol–water partition coefficient (Wildman–Crippen LogP) is 3.33. The zero-order valence-electron chi connectivity index (χ0n) is 8.71. The van der Waals surface area contributed by atoms with Gasteiger partial charge in [0.2, 0.25) is 0 Å². The Balaban J connectivity index is 2.22. The first-order chi connectivity index (χ1) is 8.08. The number of hydrogen-bond donors (Lipinski definition) is 2. The van der Waals surface area contributed by atoms with Gasteiger partial charge >= 0.3 is 0 Å². The Morgan fingerprint density at radius 2 is 2.06 bits per heavy atom. The number of anilines is 1. The molecule has 0 aromatic carbocycles. The standard InChI is InChI=1S/C9H8Cl3N5/c1-4(8-13-3-14-17-8)15-9-6(11)2-5(10)7(12)16-9/h2-4H,1H3,(H,15,16)(H,13,14,17). The smallest absolute Gasteiger partial charge is 0.150 e. The van der Waals surface area contributed by atoms with Crippen molar-refractivity contribution in [1.29, 1.82) is 0 Å². The van der Waals surface area contributed by atoms with Gasteiger partial charge in [-0.15, -0.1) is 0 Å². The van der Waals surface area contributed by atoms with E-state index in [0.717, 1.165) is 0 Å². The van der Waals surface area contributed by atoms with Gasteiger partial charge in [-0.3, -0.25) is 5.10 Å². The Bertz CT molecular complexity index is 514. The summed E-state index contributed by atoms with van der Waals surface area (Å²) in [5.41, 5.74) is 0. The zero-order chi connectivity index (χ0) is 12.4. The first-order valence-corrected chi connectivity index (χ1v) is 5.84.